The summed E-state index contributed by atoms with van der Waals surface area (Å²) in [5, 5.41) is 4.47. The van der Waals surface area contributed by atoms with Crippen molar-refractivity contribution in [2.24, 2.45) is 0 Å². The first-order valence-corrected chi connectivity index (χ1v) is 7.75. The van der Waals surface area contributed by atoms with Crippen LogP contribution in [0.15, 0.2) is 34.9 Å². The summed E-state index contributed by atoms with van der Waals surface area (Å²) in [7, 11) is 1.59. The van der Waals surface area contributed by atoms with Crippen molar-refractivity contribution in [3.05, 3.63) is 46.2 Å². The number of halogens is 1. The lowest BCUT2D eigenvalue weighted by Gasteiger charge is -2.08. The van der Waals surface area contributed by atoms with E-state index in [9.17, 15) is 4.79 Å². The van der Waals surface area contributed by atoms with Gasteiger partial charge in [-0.2, -0.15) is 5.10 Å². The standard InChI is InChI=1S/C16H19BrN2O2/c1-4-11(2)19-8-7-12(18-19)9-16(20)14-10-13(21-3)5-6-15(14)17/h5-8,10-11H,4,9H2,1-3H3. The van der Waals surface area contributed by atoms with Crippen LogP contribution in [0.25, 0.3) is 0 Å². The lowest BCUT2D eigenvalue weighted by Crippen LogP contribution is -2.08. The molecule has 1 heterocycles. The first-order valence-electron chi connectivity index (χ1n) is 6.96. The normalized spacial score (nSPS) is 12.2. The number of aromatic nitrogens is 2. The molecule has 1 unspecified atom stereocenters. The van der Waals surface area contributed by atoms with E-state index in [1.807, 2.05) is 29.1 Å². The average Bonchev–Trinajstić information content (AvgIpc) is 2.95. The molecule has 0 amide bonds. The summed E-state index contributed by atoms with van der Waals surface area (Å²) in [6, 6.07) is 7.64. The molecule has 0 spiro atoms. The number of Topliss-reactive ketones (excluding diaryl/α,β-unsaturated/α-hetero) is 1. The highest BCUT2D eigenvalue weighted by atomic mass is 79.9. The van der Waals surface area contributed by atoms with Gasteiger partial charge in [0.1, 0.15) is 5.75 Å². The monoisotopic (exact) mass is 350 g/mol. The zero-order valence-corrected chi connectivity index (χ0v) is 14.1. The SMILES string of the molecule is CCC(C)n1ccc(CC(=O)c2cc(OC)ccc2Br)n1. The van der Waals surface area contributed by atoms with E-state index in [-0.39, 0.29) is 12.2 Å². The molecule has 0 radical (unpaired) electrons. The lowest BCUT2D eigenvalue weighted by molar-refractivity contribution is 0.0990. The Morgan fingerprint density at radius 1 is 1.43 bits per heavy atom. The summed E-state index contributed by atoms with van der Waals surface area (Å²) in [6.45, 7) is 4.22. The van der Waals surface area contributed by atoms with E-state index in [0.29, 0.717) is 17.4 Å². The van der Waals surface area contributed by atoms with Crippen molar-refractivity contribution in [1.29, 1.82) is 0 Å². The molecular formula is C16H19BrN2O2. The summed E-state index contributed by atoms with van der Waals surface area (Å²) >= 11 is 3.41. The van der Waals surface area contributed by atoms with Gasteiger partial charge in [0.05, 0.1) is 19.2 Å². The van der Waals surface area contributed by atoms with Crippen LogP contribution in [-0.2, 0) is 6.42 Å². The van der Waals surface area contributed by atoms with Crippen molar-refractivity contribution in [3.63, 3.8) is 0 Å². The second kappa shape index (κ2) is 6.89. The molecule has 1 atom stereocenters. The number of ketones is 1. The number of methoxy groups -OCH3 is 1. The number of nitrogens with zero attached hydrogens (tertiary/aromatic N) is 2. The van der Waals surface area contributed by atoms with Gasteiger partial charge in [-0.05, 0) is 37.6 Å². The van der Waals surface area contributed by atoms with Crippen LogP contribution >= 0.6 is 15.9 Å². The van der Waals surface area contributed by atoms with E-state index in [1.54, 1.807) is 13.2 Å². The second-order valence-electron chi connectivity index (χ2n) is 4.99. The van der Waals surface area contributed by atoms with Crippen molar-refractivity contribution in [2.45, 2.75) is 32.7 Å². The molecule has 112 valence electrons. The predicted molar refractivity (Wildman–Crippen MR) is 86.0 cm³/mol. The second-order valence-corrected chi connectivity index (χ2v) is 5.84. The Kier molecular flexibility index (Phi) is 5.17. The van der Waals surface area contributed by atoms with Gasteiger partial charge in [0.15, 0.2) is 5.78 Å². The predicted octanol–water partition coefficient (Wildman–Crippen LogP) is 4.05. The van der Waals surface area contributed by atoms with Crippen LogP contribution in [0.4, 0.5) is 0 Å². The van der Waals surface area contributed by atoms with Crippen molar-refractivity contribution in [1.82, 2.24) is 9.78 Å². The Morgan fingerprint density at radius 2 is 2.19 bits per heavy atom. The van der Waals surface area contributed by atoms with Crippen LogP contribution in [0.3, 0.4) is 0 Å². The first-order chi connectivity index (χ1) is 10.0. The maximum absolute atomic E-state index is 12.4. The molecule has 5 heteroatoms. The van der Waals surface area contributed by atoms with E-state index in [1.165, 1.54) is 0 Å². The number of carbonyl (C=O) groups is 1. The summed E-state index contributed by atoms with van der Waals surface area (Å²) in [5.74, 6) is 0.696. The van der Waals surface area contributed by atoms with Crippen molar-refractivity contribution >= 4 is 21.7 Å². The van der Waals surface area contributed by atoms with Crippen LogP contribution in [0.1, 0.15) is 42.4 Å². The highest BCUT2D eigenvalue weighted by Crippen LogP contribution is 2.24. The van der Waals surface area contributed by atoms with Gasteiger partial charge >= 0.3 is 0 Å². The Balaban J connectivity index is 2.16. The zero-order chi connectivity index (χ0) is 15.4. The minimum absolute atomic E-state index is 0.0233. The van der Waals surface area contributed by atoms with E-state index in [4.69, 9.17) is 4.74 Å². The average molecular weight is 351 g/mol. The minimum Gasteiger partial charge on any atom is -0.497 e. The molecule has 0 fully saturated rings. The molecule has 2 rings (SSSR count). The number of rotatable bonds is 6. The van der Waals surface area contributed by atoms with Crippen LogP contribution in [-0.4, -0.2) is 22.7 Å². The summed E-state index contributed by atoms with van der Waals surface area (Å²) in [4.78, 5) is 12.4. The molecular weight excluding hydrogens is 332 g/mol. The Labute approximate surface area is 133 Å². The molecule has 0 N–H and O–H groups in total. The molecule has 0 saturated carbocycles. The van der Waals surface area contributed by atoms with Gasteiger partial charge in [-0.25, -0.2) is 0 Å². The van der Waals surface area contributed by atoms with Crippen LogP contribution in [0, 0.1) is 0 Å². The zero-order valence-electron chi connectivity index (χ0n) is 12.5. The summed E-state index contributed by atoms with van der Waals surface area (Å²) in [5.41, 5.74) is 1.41. The number of benzene rings is 1. The fourth-order valence-electron chi connectivity index (χ4n) is 2.01. The quantitative estimate of drug-likeness (QED) is 0.738. The number of ether oxygens (including phenoxy) is 1. The number of carbonyl (C=O) groups excluding carboxylic acids is 1. The molecule has 0 aliphatic rings. The third-order valence-electron chi connectivity index (χ3n) is 3.52. The Hall–Kier alpha value is -1.62. The Morgan fingerprint density at radius 3 is 2.86 bits per heavy atom. The Bertz CT molecular complexity index is 637. The van der Waals surface area contributed by atoms with Gasteiger partial charge in [-0.15, -0.1) is 0 Å². The third kappa shape index (κ3) is 3.73. The van der Waals surface area contributed by atoms with Gasteiger partial charge in [0.25, 0.3) is 0 Å². The number of hydrogen-bond donors (Lipinski definition) is 0. The third-order valence-corrected chi connectivity index (χ3v) is 4.21. The largest absolute Gasteiger partial charge is 0.497 e. The fraction of sp³-hybridized carbons (Fsp3) is 0.375. The molecule has 2 aromatic rings. The smallest absolute Gasteiger partial charge is 0.170 e. The summed E-state index contributed by atoms with van der Waals surface area (Å²) in [6.07, 6.45) is 3.23. The van der Waals surface area contributed by atoms with Gasteiger partial charge < -0.3 is 4.74 Å². The molecule has 0 aliphatic carbocycles. The molecule has 1 aromatic heterocycles. The molecule has 1 aromatic carbocycles. The minimum atomic E-state index is 0.0233. The first kappa shape index (κ1) is 15.8. The summed E-state index contributed by atoms with van der Waals surface area (Å²) < 4.78 is 7.85. The van der Waals surface area contributed by atoms with Gasteiger partial charge in [0.2, 0.25) is 0 Å². The van der Waals surface area contributed by atoms with Crippen molar-refractivity contribution in [3.8, 4) is 5.75 Å². The van der Waals surface area contributed by atoms with E-state index in [0.717, 1.165) is 16.6 Å². The van der Waals surface area contributed by atoms with Crippen LogP contribution < -0.4 is 4.74 Å². The van der Waals surface area contributed by atoms with Crippen molar-refractivity contribution < 1.29 is 9.53 Å². The molecule has 0 aliphatic heterocycles. The molecule has 0 bridgehead atoms. The van der Waals surface area contributed by atoms with Gasteiger partial charge in [-0.1, -0.05) is 22.9 Å². The van der Waals surface area contributed by atoms with Crippen LogP contribution in [0.2, 0.25) is 0 Å². The van der Waals surface area contributed by atoms with Gasteiger partial charge in [0, 0.05) is 22.3 Å². The fourth-order valence-corrected chi connectivity index (χ4v) is 2.48. The van der Waals surface area contributed by atoms with Crippen LogP contribution in [0.5, 0.6) is 5.75 Å². The van der Waals surface area contributed by atoms with Crippen molar-refractivity contribution in [2.75, 3.05) is 7.11 Å². The lowest BCUT2D eigenvalue weighted by atomic mass is 10.1. The highest BCUT2D eigenvalue weighted by molar-refractivity contribution is 9.10. The highest BCUT2D eigenvalue weighted by Gasteiger charge is 2.14. The van der Waals surface area contributed by atoms with E-state index >= 15 is 0 Å². The maximum atomic E-state index is 12.4. The molecule has 4 nitrogen and oxygen atoms in total. The maximum Gasteiger partial charge on any atom is 0.170 e. The van der Waals surface area contributed by atoms with Gasteiger partial charge in [-0.3, -0.25) is 9.48 Å². The van der Waals surface area contributed by atoms with E-state index in [2.05, 4.69) is 34.9 Å². The molecule has 0 saturated heterocycles. The molecule has 21 heavy (non-hydrogen) atoms. The van der Waals surface area contributed by atoms with E-state index < -0.39 is 0 Å². The topological polar surface area (TPSA) is 44.1 Å². The number of hydrogen-bond acceptors (Lipinski definition) is 3.